The van der Waals surface area contributed by atoms with Crippen LogP contribution in [0.2, 0.25) is 0 Å². The van der Waals surface area contributed by atoms with Crippen LogP contribution in [-0.2, 0) is 11.2 Å². The van der Waals surface area contributed by atoms with Gasteiger partial charge in [0, 0.05) is 37.3 Å². The van der Waals surface area contributed by atoms with Gasteiger partial charge in [0.2, 0.25) is 0 Å². The van der Waals surface area contributed by atoms with Crippen molar-refractivity contribution in [3.05, 3.63) is 48.2 Å². The third kappa shape index (κ3) is 3.99. The zero-order valence-electron chi connectivity index (χ0n) is 15.8. The summed E-state index contributed by atoms with van der Waals surface area (Å²) in [5, 5.41) is 3.06. The van der Waals surface area contributed by atoms with E-state index in [4.69, 9.17) is 9.47 Å². The van der Waals surface area contributed by atoms with Gasteiger partial charge < -0.3 is 19.7 Å². The zero-order chi connectivity index (χ0) is 18.9. The lowest BCUT2D eigenvalue weighted by molar-refractivity contribution is -0.123. The highest BCUT2D eigenvalue weighted by molar-refractivity contribution is 5.78. The third-order valence-corrected chi connectivity index (χ3v) is 4.94. The molecule has 0 unspecified atom stereocenters. The highest BCUT2D eigenvalue weighted by atomic mass is 16.5. The van der Waals surface area contributed by atoms with Crippen molar-refractivity contribution in [3.8, 4) is 11.5 Å². The molecule has 3 heterocycles. The van der Waals surface area contributed by atoms with Gasteiger partial charge in [-0.1, -0.05) is 18.2 Å². The van der Waals surface area contributed by atoms with Crippen molar-refractivity contribution >= 4 is 11.7 Å². The van der Waals surface area contributed by atoms with Crippen molar-refractivity contribution in [3.63, 3.8) is 0 Å². The standard InChI is InChI=1S/C21H25N3O3/c1-21(2)12-15-6-5-7-17(20(15)27-21)26-14-19(25)23-16-9-11-24(13-16)18-8-3-4-10-22-18/h3-8,10,16H,9,11-14H2,1-2H3,(H,23,25)/t16-/m0/s1. The monoisotopic (exact) mass is 367 g/mol. The molecular formula is C21H25N3O3. The molecule has 1 amide bonds. The third-order valence-electron chi connectivity index (χ3n) is 4.94. The number of aromatic nitrogens is 1. The fourth-order valence-corrected chi connectivity index (χ4v) is 3.74. The lowest BCUT2D eigenvalue weighted by Gasteiger charge is -2.19. The van der Waals surface area contributed by atoms with Crippen LogP contribution in [0, 0.1) is 0 Å². The summed E-state index contributed by atoms with van der Waals surface area (Å²) in [6.07, 6.45) is 3.54. The van der Waals surface area contributed by atoms with Crippen molar-refractivity contribution in [1.29, 1.82) is 0 Å². The van der Waals surface area contributed by atoms with Gasteiger partial charge in [-0.25, -0.2) is 4.98 Å². The first kappa shape index (κ1) is 17.6. The van der Waals surface area contributed by atoms with E-state index >= 15 is 0 Å². The van der Waals surface area contributed by atoms with Gasteiger partial charge in [0.1, 0.15) is 11.4 Å². The maximum absolute atomic E-state index is 12.3. The summed E-state index contributed by atoms with van der Waals surface area (Å²) in [7, 11) is 0. The summed E-state index contributed by atoms with van der Waals surface area (Å²) in [4.78, 5) is 18.9. The molecule has 4 rings (SSSR count). The number of fused-ring (bicyclic) bond motifs is 1. The van der Waals surface area contributed by atoms with Crippen LogP contribution < -0.4 is 19.7 Å². The van der Waals surface area contributed by atoms with Gasteiger partial charge in [-0.05, 0) is 38.5 Å². The quantitative estimate of drug-likeness (QED) is 0.880. The van der Waals surface area contributed by atoms with E-state index in [1.54, 1.807) is 6.20 Å². The summed E-state index contributed by atoms with van der Waals surface area (Å²) in [5.74, 6) is 2.23. The predicted octanol–water partition coefficient (Wildman–Crippen LogP) is 2.57. The van der Waals surface area contributed by atoms with E-state index in [0.29, 0.717) is 5.75 Å². The first-order valence-corrected chi connectivity index (χ1v) is 9.39. The van der Waals surface area contributed by atoms with Crippen molar-refractivity contribution in [1.82, 2.24) is 10.3 Å². The Hall–Kier alpha value is -2.76. The molecule has 0 radical (unpaired) electrons. The number of rotatable bonds is 5. The number of nitrogens with zero attached hydrogens (tertiary/aromatic N) is 2. The molecule has 1 fully saturated rings. The molecule has 1 atom stereocenters. The molecule has 2 aliphatic heterocycles. The Morgan fingerprint density at radius 2 is 2.22 bits per heavy atom. The topological polar surface area (TPSA) is 63.7 Å². The van der Waals surface area contributed by atoms with Crippen LogP contribution in [0.25, 0.3) is 0 Å². The number of pyridine rings is 1. The van der Waals surface area contributed by atoms with Gasteiger partial charge in [0.05, 0.1) is 0 Å². The highest BCUT2D eigenvalue weighted by Gasteiger charge is 2.32. The van der Waals surface area contributed by atoms with E-state index in [2.05, 4.69) is 29.0 Å². The smallest absolute Gasteiger partial charge is 0.258 e. The number of nitrogens with one attached hydrogen (secondary N) is 1. The van der Waals surface area contributed by atoms with Gasteiger partial charge in [0.15, 0.2) is 18.1 Å². The molecule has 1 aromatic carbocycles. The van der Waals surface area contributed by atoms with Crippen LogP contribution in [0.3, 0.4) is 0 Å². The van der Waals surface area contributed by atoms with Gasteiger partial charge in [0.25, 0.3) is 5.91 Å². The van der Waals surface area contributed by atoms with Gasteiger partial charge in [-0.2, -0.15) is 0 Å². The number of hydrogen-bond acceptors (Lipinski definition) is 5. The van der Waals surface area contributed by atoms with Crippen molar-refractivity contribution < 1.29 is 14.3 Å². The van der Waals surface area contributed by atoms with Crippen molar-refractivity contribution in [2.75, 3.05) is 24.6 Å². The fraction of sp³-hybridized carbons (Fsp3) is 0.429. The zero-order valence-corrected chi connectivity index (χ0v) is 15.8. The SMILES string of the molecule is CC1(C)Cc2cccc(OCC(=O)N[C@H]3CCN(c4ccccn4)C3)c2O1. The Morgan fingerprint density at radius 1 is 1.33 bits per heavy atom. The minimum atomic E-state index is -0.233. The normalized spacial score (nSPS) is 20.1. The minimum Gasteiger partial charge on any atom is -0.483 e. The van der Waals surface area contributed by atoms with E-state index in [0.717, 1.165) is 43.1 Å². The maximum Gasteiger partial charge on any atom is 0.258 e. The van der Waals surface area contributed by atoms with E-state index in [9.17, 15) is 4.79 Å². The van der Waals surface area contributed by atoms with E-state index in [-0.39, 0.29) is 24.2 Å². The van der Waals surface area contributed by atoms with Crippen molar-refractivity contribution in [2.24, 2.45) is 0 Å². The van der Waals surface area contributed by atoms with Crippen LogP contribution in [0.1, 0.15) is 25.8 Å². The van der Waals surface area contributed by atoms with Gasteiger partial charge >= 0.3 is 0 Å². The number of carbonyl (C=O) groups excluding carboxylic acids is 1. The Balaban J connectivity index is 1.30. The Labute approximate surface area is 159 Å². The molecule has 1 aromatic heterocycles. The largest absolute Gasteiger partial charge is 0.483 e. The molecule has 0 bridgehead atoms. The molecule has 6 heteroatoms. The fourth-order valence-electron chi connectivity index (χ4n) is 3.74. The molecule has 1 N–H and O–H groups in total. The molecular weight excluding hydrogens is 342 g/mol. The molecule has 1 saturated heterocycles. The molecule has 142 valence electrons. The molecule has 2 aromatic rings. The molecule has 0 spiro atoms. The summed E-state index contributed by atoms with van der Waals surface area (Å²) >= 11 is 0. The first-order valence-electron chi connectivity index (χ1n) is 9.39. The van der Waals surface area contributed by atoms with Crippen LogP contribution >= 0.6 is 0 Å². The van der Waals surface area contributed by atoms with Crippen LogP contribution in [0.5, 0.6) is 11.5 Å². The second-order valence-electron chi connectivity index (χ2n) is 7.76. The first-order chi connectivity index (χ1) is 13.0. The van der Waals surface area contributed by atoms with Crippen LogP contribution in [-0.4, -0.2) is 42.2 Å². The number of amides is 1. The van der Waals surface area contributed by atoms with Gasteiger partial charge in [-0.15, -0.1) is 0 Å². The summed E-state index contributed by atoms with van der Waals surface area (Å²) in [5.41, 5.74) is 0.891. The minimum absolute atomic E-state index is 0.0136. The Morgan fingerprint density at radius 3 is 3.04 bits per heavy atom. The molecule has 2 aliphatic rings. The molecule has 0 saturated carbocycles. The molecule has 0 aliphatic carbocycles. The van der Waals surface area contributed by atoms with Crippen molar-refractivity contribution in [2.45, 2.75) is 38.3 Å². The Kier molecular flexibility index (Phi) is 4.64. The molecule has 27 heavy (non-hydrogen) atoms. The lowest BCUT2D eigenvalue weighted by Crippen LogP contribution is -2.39. The van der Waals surface area contributed by atoms with Crippen LogP contribution in [0.4, 0.5) is 5.82 Å². The number of carbonyl (C=O) groups is 1. The summed E-state index contributed by atoms with van der Waals surface area (Å²) in [6.45, 7) is 5.74. The van der Waals surface area contributed by atoms with E-state index < -0.39 is 0 Å². The Bertz CT molecular complexity index is 823. The average Bonchev–Trinajstić information content (AvgIpc) is 3.23. The maximum atomic E-state index is 12.3. The number of anilines is 1. The number of para-hydroxylation sites is 1. The predicted molar refractivity (Wildman–Crippen MR) is 103 cm³/mol. The molecule has 6 nitrogen and oxygen atoms in total. The second kappa shape index (κ2) is 7.10. The highest BCUT2D eigenvalue weighted by Crippen LogP contribution is 2.41. The number of ether oxygens (including phenoxy) is 2. The average molecular weight is 367 g/mol. The summed E-state index contributed by atoms with van der Waals surface area (Å²) < 4.78 is 11.7. The lowest BCUT2D eigenvalue weighted by atomic mass is 10.0. The second-order valence-corrected chi connectivity index (χ2v) is 7.76. The number of benzene rings is 1. The van der Waals surface area contributed by atoms with E-state index in [1.165, 1.54) is 0 Å². The van der Waals surface area contributed by atoms with Gasteiger partial charge in [-0.3, -0.25) is 4.79 Å². The van der Waals surface area contributed by atoms with Crippen LogP contribution in [0.15, 0.2) is 42.6 Å². The van der Waals surface area contributed by atoms with E-state index in [1.807, 2.05) is 36.4 Å². The summed E-state index contributed by atoms with van der Waals surface area (Å²) in [6, 6.07) is 11.8. The number of hydrogen-bond donors (Lipinski definition) is 1.